The minimum Gasteiger partial charge on any atom is -0.379 e. The van der Waals surface area contributed by atoms with E-state index in [-0.39, 0.29) is 5.28 Å². The van der Waals surface area contributed by atoms with Gasteiger partial charge in [0.1, 0.15) is 5.52 Å². The summed E-state index contributed by atoms with van der Waals surface area (Å²) in [5, 5.41) is 0.209. The summed E-state index contributed by atoms with van der Waals surface area (Å²) in [6.07, 6.45) is 4.22. The lowest BCUT2D eigenvalue weighted by molar-refractivity contribution is 0.131. The number of nitrogens with one attached hydrogen (secondary N) is 1. The molecule has 0 bridgehead atoms. The molecule has 7 heteroatoms. The number of aromatic amines is 1. The van der Waals surface area contributed by atoms with Gasteiger partial charge in [-0.2, -0.15) is 9.97 Å². The zero-order valence-electron chi connectivity index (χ0n) is 10.8. The predicted octanol–water partition coefficient (Wildman–Crippen LogP) is 1.87. The number of anilines is 1. The van der Waals surface area contributed by atoms with Crippen LogP contribution in [0.5, 0.6) is 0 Å². The fourth-order valence-corrected chi connectivity index (χ4v) is 2.07. The Balaban J connectivity index is 1.65. The summed E-state index contributed by atoms with van der Waals surface area (Å²) >= 11 is 5.90. The summed E-state index contributed by atoms with van der Waals surface area (Å²) < 4.78 is 5.63. The van der Waals surface area contributed by atoms with Crippen molar-refractivity contribution in [2.75, 3.05) is 31.7 Å². The van der Waals surface area contributed by atoms with E-state index in [0.29, 0.717) is 12.3 Å². The zero-order chi connectivity index (χ0) is 13.2. The van der Waals surface area contributed by atoms with Gasteiger partial charge in [0.05, 0.1) is 12.9 Å². The Hall–Kier alpha value is -1.40. The van der Waals surface area contributed by atoms with Gasteiger partial charge in [0.25, 0.3) is 0 Å². The number of fused-ring (bicyclic) bond motifs is 1. The van der Waals surface area contributed by atoms with Crippen molar-refractivity contribution >= 4 is 28.6 Å². The summed E-state index contributed by atoms with van der Waals surface area (Å²) in [7, 11) is 1.96. The van der Waals surface area contributed by atoms with Crippen LogP contribution in [-0.2, 0) is 4.74 Å². The lowest BCUT2D eigenvalue weighted by atomic mass is 10.4. The van der Waals surface area contributed by atoms with Crippen LogP contribution in [0.15, 0.2) is 6.33 Å². The van der Waals surface area contributed by atoms with E-state index in [9.17, 15) is 0 Å². The molecule has 1 saturated carbocycles. The number of likely N-dealkylation sites (N-methyl/N-ethyl adjacent to an activating group) is 1. The third kappa shape index (κ3) is 2.96. The minimum absolute atomic E-state index is 0.209. The van der Waals surface area contributed by atoms with Crippen molar-refractivity contribution in [1.29, 1.82) is 0 Å². The molecule has 0 aromatic carbocycles. The Bertz CT molecular complexity index is 568. The van der Waals surface area contributed by atoms with Gasteiger partial charge >= 0.3 is 0 Å². The van der Waals surface area contributed by atoms with Gasteiger partial charge < -0.3 is 14.6 Å². The fraction of sp³-hybridized carbons (Fsp3) is 0.583. The first-order valence-corrected chi connectivity index (χ1v) is 6.77. The van der Waals surface area contributed by atoms with E-state index < -0.39 is 0 Å². The fourth-order valence-electron chi connectivity index (χ4n) is 1.91. The summed E-state index contributed by atoms with van der Waals surface area (Å²) in [5.74, 6) is 1.54. The maximum atomic E-state index is 5.90. The van der Waals surface area contributed by atoms with Crippen molar-refractivity contribution < 1.29 is 4.74 Å². The lowest BCUT2D eigenvalue weighted by Gasteiger charge is -2.18. The van der Waals surface area contributed by atoms with E-state index in [0.717, 1.165) is 30.4 Å². The maximum absolute atomic E-state index is 5.90. The second-order valence-electron chi connectivity index (χ2n) is 4.86. The van der Waals surface area contributed by atoms with Gasteiger partial charge in [0.15, 0.2) is 11.5 Å². The number of halogens is 1. The van der Waals surface area contributed by atoms with Crippen LogP contribution < -0.4 is 4.90 Å². The number of imidazole rings is 1. The van der Waals surface area contributed by atoms with Gasteiger partial charge in [-0.15, -0.1) is 0 Å². The van der Waals surface area contributed by atoms with Crippen molar-refractivity contribution in [3.63, 3.8) is 0 Å². The molecule has 102 valence electrons. The molecule has 1 aliphatic carbocycles. The topological polar surface area (TPSA) is 66.9 Å². The number of rotatable bonds is 6. The molecule has 0 spiro atoms. The van der Waals surface area contributed by atoms with E-state index in [2.05, 4.69) is 19.9 Å². The number of H-pyrrole nitrogens is 1. The molecule has 1 aliphatic rings. The molecule has 1 N–H and O–H groups in total. The molecule has 2 aromatic rings. The smallest absolute Gasteiger partial charge is 0.226 e. The van der Waals surface area contributed by atoms with E-state index in [1.54, 1.807) is 6.33 Å². The second-order valence-corrected chi connectivity index (χ2v) is 5.20. The summed E-state index contributed by atoms with van der Waals surface area (Å²) in [5.41, 5.74) is 1.38. The standard InChI is InChI=1S/C12H16ClN5O/c1-18(4-5-19-6-8-2-3-8)11-9-10(15-7-14-9)16-12(13)17-11/h7-8H,2-6H2,1H3,(H,14,15,16,17). The molecule has 19 heavy (non-hydrogen) atoms. The van der Waals surface area contributed by atoms with Crippen molar-refractivity contribution in [2.24, 2.45) is 5.92 Å². The van der Waals surface area contributed by atoms with Crippen LogP contribution in [0.4, 0.5) is 5.82 Å². The zero-order valence-corrected chi connectivity index (χ0v) is 11.5. The Morgan fingerprint density at radius 3 is 3.11 bits per heavy atom. The first-order chi connectivity index (χ1) is 9.24. The maximum Gasteiger partial charge on any atom is 0.226 e. The summed E-state index contributed by atoms with van der Waals surface area (Å²) in [6, 6.07) is 0. The average molecular weight is 282 g/mol. The molecular weight excluding hydrogens is 266 g/mol. The quantitative estimate of drug-likeness (QED) is 0.647. The Kier molecular flexibility index (Phi) is 3.52. The Morgan fingerprint density at radius 1 is 1.47 bits per heavy atom. The first-order valence-electron chi connectivity index (χ1n) is 6.39. The molecule has 0 radical (unpaired) electrons. The van der Waals surface area contributed by atoms with Crippen LogP contribution in [0.1, 0.15) is 12.8 Å². The number of hydrogen-bond donors (Lipinski definition) is 1. The number of hydrogen-bond acceptors (Lipinski definition) is 5. The highest BCUT2D eigenvalue weighted by Gasteiger charge is 2.21. The van der Waals surface area contributed by atoms with Gasteiger partial charge in [0.2, 0.25) is 5.28 Å². The van der Waals surface area contributed by atoms with Crippen LogP contribution in [0, 0.1) is 5.92 Å². The highest BCUT2D eigenvalue weighted by molar-refractivity contribution is 6.28. The summed E-state index contributed by atoms with van der Waals surface area (Å²) in [4.78, 5) is 17.5. The molecule has 0 amide bonds. The van der Waals surface area contributed by atoms with Crippen molar-refractivity contribution in [3.8, 4) is 0 Å². The van der Waals surface area contributed by atoms with Gasteiger partial charge in [-0.05, 0) is 30.4 Å². The van der Waals surface area contributed by atoms with Crippen LogP contribution in [-0.4, -0.2) is 46.7 Å². The average Bonchev–Trinajstić information content (AvgIpc) is 3.10. The number of ether oxygens (including phenoxy) is 1. The molecule has 2 aromatic heterocycles. The Morgan fingerprint density at radius 2 is 2.32 bits per heavy atom. The summed E-state index contributed by atoms with van der Waals surface area (Å²) in [6.45, 7) is 2.32. The van der Waals surface area contributed by atoms with Gasteiger partial charge in [-0.25, -0.2) is 4.98 Å². The molecule has 6 nitrogen and oxygen atoms in total. The molecule has 1 fully saturated rings. The molecule has 0 aliphatic heterocycles. The first kappa shape index (κ1) is 12.6. The lowest BCUT2D eigenvalue weighted by Crippen LogP contribution is -2.24. The Labute approximate surface area is 116 Å². The van der Waals surface area contributed by atoms with E-state index in [1.165, 1.54) is 12.8 Å². The molecule has 0 atom stereocenters. The minimum atomic E-state index is 0.209. The van der Waals surface area contributed by atoms with Gasteiger partial charge in [-0.1, -0.05) is 0 Å². The SMILES string of the molecule is CN(CCOCC1CC1)c1nc(Cl)nc2nc[nH]c12. The van der Waals surface area contributed by atoms with Crippen LogP contribution in [0.25, 0.3) is 11.2 Å². The van der Waals surface area contributed by atoms with Crippen molar-refractivity contribution in [3.05, 3.63) is 11.6 Å². The molecular formula is C12H16ClN5O. The van der Waals surface area contributed by atoms with Gasteiger partial charge in [-0.3, -0.25) is 0 Å². The predicted molar refractivity (Wildman–Crippen MR) is 73.5 cm³/mol. The third-order valence-corrected chi connectivity index (χ3v) is 3.39. The van der Waals surface area contributed by atoms with Crippen molar-refractivity contribution in [2.45, 2.75) is 12.8 Å². The third-order valence-electron chi connectivity index (χ3n) is 3.22. The highest BCUT2D eigenvalue weighted by Crippen LogP contribution is 2.28. The number of nitrogens with zero attached hydrogens (tertiary/aromatic N) is 4. The molecule has 3 rings (SSSR count). The number of aromatic nitrogens is 4. The van der Waals surface area contributed by atoms with Crippen LogP contribution >= 0.6 is 11.6 Å². The molecule has 0 saturated heterocycles. The second kappa shape index (κ2) is 5.30. The monoisotopic (exact) mass is 281 g/mol. The van der Waals surface area contributed by atoms with Crippen LogP contribution in [0.3, 0.4) is 0 Å². The largest absolute Gasteiger partial charge is 0.379 e. The van der Waals surface area contributed by atoms with E-state index in [1.807, 2.05) is 11.9 Å². The van der Waals surface area contributed by atoms with Crippen molar-refractivity contribution in [1.82, 2.24) is 19.9 Å². The normalized spacial score (nSPS) is 15.1. The van der Waals surface area contributed by atoms with Gasteiger partial charge in [0, 0.05) is 20.2 Å². The van der Waals surface area contributed by atoms with Crippen LogP contribution in [0.2, 0.25) is 5.28 Å². The van der Waals surface area contributed by atoms with E-state index in [4.69, 9.17) is 16.3 Å². The molecule has 0 unspecified atom stereocenters. The van der Waals surface area contributed by atoms with E-state index >= 15 is 0 Å². The highest BCUT2D eigenvalue weighted by atomic mass is 35.5. The molecule has 2 heterocycles.